The molecule has 0 N–H and O–H groups in total. The SMILES string of the molecule is COC1(C(=O)C2=CCCO2)CCC1. The summed E-state index contributed by atoms with van der Waals surface area (Å²) < 4.78 is 10.5. The summed E-state index contributed by atoms with van der Waals surface area (Å²) in [5, 5.41) is 0. The van der Waals surface area contributed by atoms with E-state index in [9.17, 15) is 4.79 Å². The van der Waals surface area contributed by atoms with E-state index in [1.807, 2.05) is 6.08 Å². The molecular formula is C10H14O3. The van der Waals surface area contributed by atoms with Gasteiger partial charge in [-0.2, -0.15) is 0 Å². The predicted octanol–water partition coefficient (Wildman–Crippen LogP) is 1.43. The zero-order chi connectivity index (χ0) is 9.31. The van der Waals surface area contributed by atoms with Gasteiger partial charge in [-0.3, -0.25) is 4.79 Å². The lowest BCUT2D eigenvalue weighted by Crippen LogP contribution is -2.47. The first kappa shape index (κ1) is 8.75. The number of Topliss-reactive ketones (excluding diaryl/α,β-unsaturated/α-hetero) is 1. The summed E-state index contributed by atoms with van der Waals surface area (Å²) in [7, 11) is 1.60. The second kappa shape index (κ2) is 3.14. The topological polar surface area (TPSA) is 35.5 Å². The van der Waals surface area contributed by atoms with Crippen LogP contribution >= 0.6 is 0 Å². The summed E-state index contributed by atoms with van der Waals surface area (Å²) in [4.78, 5) is 11.9. The molecular weight excluding hydrogens is 168 g/mol. The van der Waals surface area contributed by atoms with Crippen molar-refractivity contribution in [2.24, 2.45) is 0 Å². The molecule has 0 bridgehead atoms. The molecule has 0 amide bonds. The lowest BCUT2D eigenvalue weighted by atomic mass is 9.76. The summed E-state index contributed by atoms with van der Waals surface area (Å²) in [6.07, 6.45) is 5.46. The highest BCUT2D eigenvalue weighted by atomic mass is 16.5. The lowest BCUT2D eigenvalue weighted by Gasteiger charge is -2.38. The zero-order valence-electron chi connectivity index (χ0n) is 7.84. The molecule has 1 fully saturated rings. The first-order valence-corrected chi connectivity index (χ1v) is 4.71. The molecule has 1 aliphatic heterocycles. The first-order chi connectivity index (χ1) is 6.28. The molecule has 0 spiro atoms. The number of hydrogen-bond donors (Lipinski definition) is 0. The van der Waals surface area contributed by atoms with Crippen LogP contribution in [0.3, 0.4) is 0 Å². The summed E-state index contributed by atoms with van der Waals surface area (Å²) in [6.45, 7) is 0.640. The maximum absolute atomic E-state index is 11.9. The Kier molecular flexibility index (Phi) is 2.12. The number of ketones is 1. The first-order valence-electron chi connectivity index (χ1n) is 4.71. The van der Waals surface area contributed by atoms with Crippen LogP contribution in [0.4, 0.5) is 0 Å². The Morgan fingerprint density at radius 1 is 1.62 bits per heavy atom. The second-order valence-corrected chi connectivity index (χ2v) is 3.59. The molecule has 0 atom stereocenters. The number of hydrogen-bond acceptors (Lipinski definition) is 3. The van der Waals surface area contributed by atoms with Gasteiger partial charge in [0.1, 0.15) is 5.60 Å². The summed E-state index contributed by atoms with van der Waals surface area (Å²) in [5.41, 5.74) is -0.545. The maximum Gasteiger partial charge on any atom is 0.228 e. The smallest absolute Gasteiger partial charge is 0.228 e. The lowest BCUT2D eigenvalue weighted by molar-refractivity contribution is -0.150. The highest BCUT2D eigenvalue weighted by molar-refractivity contribution is 6.01. The molecule has 0 radical (unpaired) electrons. The number of rotatable bonds is 3. The van der Waals surface area contributed by atoms with Crippen LogP contribution in [0.25, 0.3) is 0 Å². The van der Waals surface area contributed by atoms with E-state index in [4.69, 9.17) is 9.47 Å². The average molecular weight is 182 g/mol. The van der Waals surface area contributed by atoms with E-state index in [0.717, 1.165) is 25.7 Å². The minimum Gasteiger partial charge on any atom is -0.490 e. The van der Waals surface area contributed by atoms with Gasteiger partial charge in [0.05, 0.1) is 6.61 Å². The molecule has 0 aromatic heterocycles. The van der Waals surface area contributed by atoms with E-state index < -0.39 is 5.60 Å². The molecule has 3 nitrogen and oxygen atoms in total. The van der Waals surface area contributed by atoms with Crippen molar-refractivity contribution in [3.8, 4) is 0 Å². The third kappa shape index (κ3) is 1.27. The molecule has 2 rings (SSSR count). The van der Waals surface area contributed by atoms with Gasteiger partial charge in [-0.25, -0.2) is 0 Å². The molecule has 2 aliphatic rings. The fourth-order valence-corrected chi connectivity index (χ4v) is 1.82. The predicted molar refractivity (Wildman–Crippen MR) is 47.3 cm³/mol. The quantitative estimate of drug-likeness (QED) is 0.662. The normalized spacial score (nSPS) is 24.5. The van der Waals surface area contributed by atoms with Crippen molar-refractivity contribution in [3.63, 3.8) is 0 Å². The molecule has 13 heavy (non-hydrogen) atoms. The molecule has 1 saturated carbocycles. The van der Waals surface area contributed by atoms with Crippen LogP contribution in [0.1, 0.15) is 25.7 Å². The molecule has 72 valence electrons. The Hall–Kier alpha value is -0.830. The van der Waals surface area contributed by atoms with Crippen molar-refractivity contribution < 1.29 is 14.3 Å². The van der Waals surface area contributed by atoms with Gasteiger partial charge in [0.25, 0.3) is 0 Å². The minimum atomic E-state index is -0.545. The zero-order valence-corrected chi connectivity index (χ0v) is 7.84. The van der Waals surface area contributed by atoms with Gasteiger partial charge in [0, 0.05) is 13.5 Å². The minimum absolute atomic E-state index is 0.0405. The van der Waals surface area contributed by atoms with Crippen molar-refractivity contribution in [2.75, 3.05) is 13.7 Å². The largest absolute Gasteiger partial charge is 0.490 e. The fourth-order valence-electron chi connectivity index (χ4n) is 1.82. The number of carbonyl (C=O) groups excluding carboxylic acids is 1. The van der Waals surface area contributed by atoms with E-state index in [2.05, 4.69) is 0 Å². The highest BCUT2D eigenvalue weighted by Crippen LogP contribution is 2.38. The van der Waals surface area contributed by atoms with E-state index in [-0.39, 0.29) is 5.78 Å². The van der Waals surface area contributed by atoms with Gasteiger partial charge in [-0.05, 0) is 25.3 Å². The Morgan fingerprint density at radius 2 is 2.38 bits per heavy atom. The van der Waals surface area contributed by atoms with Crippen LogP contribution in [0.5, 0.6) is 0 Å². The van der Waals surface area contributed by atoms with E-state index in [1.54, 1.807) is 7.11 Å². The van der Waals surface area contributed by atoms with Gasteiger partial charge in [0.15, 0.2) is 5.76 Å². The van der Waals surface area contributed by atoms with Gasteiger partial charge < -0.3 is 9.47 Å². The van der Waals surface area contributed by atoms with Crippen LogP contribution in [0.2, 0.25) is 0 Å². The Bertz CT molecular complexity index is 245. The van der Waals surface area contributed by atoms with Gasteiger partial charge in [-0.15, -0.1) is 0 Å². The van der Waals surface area contributed by atoms with Crippen molar-refractivity contribution in [1.29, 1.82) is 0 Å². The molecule has 0 aromatic rings. The van der Waals surface area contributed by atoms with Gasteiger partial charge in [-0.1, -0.05) is 0 Å². The Labute approximate surface area is 77.7 Å². The van der Waals surface area contributed by atoms with Crippen molar-refractivity contribution in [3.05, 3.63) is 11.8 Å². The van der Waals surface area contributed by atoms with Crippen LogP contribution < -0.4 is 0 Å². The highest BCUT2D eigenvalue weighted by Gasteiger charge is 2.46. The second-order valence-electron chi connectivity index (χ2n) is 3.59. The Morgan fingerprint density at radius 3 is 2.77 bits per heavy atom. The summed E-state index contributed by atoms with van der Waals surface area (Å²) in [6, 6.07) is 0. The van der Waals surface area contributed by atoms with Gasteiger partial charge in [0.2, 0.25) is 5.78 Å². The van der Waals surface area contributed by atoms with Crippen molar-refractivity contribution >= 4 is 5.78 Å². The third-order valence-electron chi connectivity index (χ3n) is 2.89. The van der Waals surface area contributed by atoms with Crippen LogP contribution in [-0.4, -0.2) is 25.1 Å². The molecule has 0 saturated heterocycles. The van der Waals surface area contributed by atoms with E-state index in [1.165, 1.54) is 0 Å². The number of ether oxygens (including phenoxy) is 2. The molecule has 0 aromatic carbocycles. The van der Waals surface area contributed by atoms with Crippen LogP contribution in [0.15, 0.2) is 11.8 Å². The molecule has 0 unspecified atom stereocenters. The molecule has 3 heteroatoms. The summed E-state index contributed by atoms with van der Waals surface area (Å²) in [5.74, 6) is 0.556. The van der Waals surface area contributed by atoms with E-state index in [0.29, 0.717) is 12.4 Å². The standard InChI is InChI=1S/C10H14O3/c1-12-10(5-3-6-10)9(11)8-4-2-7-13-8/h4H,2-3,5-7H2,1H3. The van der Waals surface area contributed by atoms with Crippen LogP contribution in [0, 0.1) is 0 Å². The van der Waals surface area contributed by atoms with Crippen LogP contribution in [-0.2, 0) is 14.3 Å². The monoisotopic (exact) mass is 182 g/mol. The van der Waals surface area contributed by atoms with Crippen molar-refractivity contribution in [2.45, 2.75) is 31.3 Å². The van der Waals surface area contributed by atoms with Gasteiger partial charge >= 0.3 is 0 Å². The number of methoxy groups -OCH3 is 1. The van der Waals surface area contributed by atoms with E-state index >= 15 is 0 Å². The fraction of sp³-hybridized carbons (Fsp3) is 0.700. The van der Waals surface area contributed by atoms with Crippen molar-refractivity contribution in [1.82, 2.24) is 0 Å². The molecule has 1 heterocycles. The molecule has 1 aliphatic carbocycles. The average Bonchev–Trinajstić information content (AvgIpc) is 2.54. The third-order valence-corrected chi connectivity index (χ3v) is 2.89. The Balaban J connectivity index is 2.10. The maximum atomic E-state index is 11.9. The summed E-state index contributed by atoms with van der Waals surface area (Å²) >= 11 is 0. The number of carbonyl (C=O) groups is 1.